The predicted molar refractivity (Wildman–Crippen MR) is 82.0 cm³/mol. The van der Waals surface area contributed by atoms with E-state index in [4.69, 9.17) is 5.73 Å². The minimum atomic E-state index is -0.410. The molecule has 0 saturated carbocycles. The van der Waals surface area contributed by atoms with Crippen LogP contribution in [0, 0.1) is 5.41 Å². The summed E-state index contributed by atoms with van der Waals surface area (Å²) in [6.07, 6.45) is 5.40. The molecule has 0 atom stereocenters. The summed E-state index contributed by atoms with van der Waals surface area (Å²) in [6, 6.07) is 5.76. The molecular weight excluding hydrogens is 250 g/mol. The lowest BCUT2D eigenvalue weighted by Gasteiger charge is -2.34. The van der Waals surface area contributed by atoms with Crippen molar-refractivity contribution in [2.75, 3.05) is 13.6 Å². The van der Waals surface area contributed by atoms with Crippen LogP contribution in [0.25, 0.3) is 0 Å². The molecule has 0 radical (unpaired) electrons. The second kappa shape index (κ2) is 8.00. The van der Waals surface area contributed by atoms with Crippen molar-refractivity contribution >= 4 is 5.91 Å². The lowest BCUT2D eigenvalue weighted by atomic mass is 9.78. The van der Waals surface area contributed by atoms with Gasteiger partial charge in [-0.3, -0.25) is 9.78 Å². The summed E-state index contributed by atoms with van der Waals surface area (Å²) in [6.45, 7) is 5.16. The van der Waals surface area contributed by atoms with Crippen molar-refractivity contribution in [3.05, 3.63) is 30.1 Å². The Labute approximate surface area is 122 Å². The van der Waals surface area contributed by atoms with Crippen LogP contribution >= 0.6 is 0 Å². The molecule has 0 fully saturated rings. The molecule has 1 heterocycles. The Kier molecular flexibility index (Phi) is 6.65. The minimum absolute atomic E-state index is 0.148. The topological polar surface area (TPSA) is 59.2 Å². The maximum Gasteiger partial charge on any atom is 0.230 e. The highest BCUT2D eigenvalue weighted by Crippen LogP contribution is 2.31. The van der Waals surface area contributed by atoms with Crippen LogP contribution in [0.5, 0.6) is 0 Å². The van der Waals surface area contributed by atoms with E-state index in [1.807, 2.05) is 25.2 Å². The molecule has 1 amide bonds. The summed E-state index contributed by atoms with van der Waals surface area (Å²) in [4.78, 5) is 18.8. The van der Waals surface area contributed by atoms with Gasteiger partial charge in [-0.2, -0.15) is 0 Å². The van der Waals surface area contributed by atoms with E-state index in [-0.39, 0.29) is 5.91 Å². The van der Waals surface area contributed by atoms with Crippen LogP contribution in [-0.2, 0) is 11.3 Å². The third-order valence-electron chi connectivity index (χ3n) is 3.77. The third-order valence-corrected chi connectivity index (χ3v) is 3.77. The van der Waals surface area contributed by atoms with Crippen molar-refractivity contribution < 1.29 is 4.79 Å². The first-order valence-corrected chi connectivity index (χ1v) is 7.45. The smallest absolute Gasteiger partial charge is 0.230 e. The average molecular weight is 277 g/mol. The maximum absolute atomic E-state index is 12.8. The van der Waals surface area contributed by atoms with E-state index in [2.05, 4.69) is 18.8 Å². The zero-order chi connectivity index (χ0) is 15.0. The van der Waals surface area contributed by atoms with Crippen LogP contribution < -0.4 is 5.73 Å². The van der Waals surface area contributed by atoms with Gasteiger partial charge in [0.15, 0.2) is 0 Å². The molecule has 1 aromatic heterocycles. The largest absolute Gasteiger partial charge is 0.339 e. The fraction of sp³-hybridized carbons (Fsp3) is 0.625. The Balaban J connectivity index is 2.82. The van der Waals surface area contributed by atoms with E-state index in [9.17, 15) is 4.79 Å². The van der Waals surface area contributed by atoms with Gasteiger partial charge >= 0.3 is 0 Å². The molecule has 0 saturated heterocycles. The number of aromatic nitrogens is 1. The summed E-state index contributed by atoms with van der Waals surface area (Å²) in [5.74, 6) is 0.148. The molecule has 0 aliphatic rings. The number of rotatable bonds is 8. The summed E-state index contributed by atoms with van der Waals surface area (Å²) < 4.78 is 0. The average Bonchev–Trinajstić information content (AvgIpc) is 2.47. The van der Waals surface area contributed by atoms with E-state index in [0.29, 0.717) is 13.1 Å². The fourth-order valence-corrected chi connectivity index (χ4v) is 2.80. The number of nitrogens with zero attached hydrogens (tertiary/aromatic N) is 2. The number of carbonyl (C=O) groups is 1. The maximum atomic E-state index is 12.8. The van der Waals surface area contributed by atoms with Gasteiger partial charge in [0.2, 0.25) is 5.91 Å². The molecule has 1 rings (SSSR count). The van der Waals surface area contributed by atoms with E-state index >= 15 is 0 Å². The van der Waals surface area contributed by atoms with E-state index in [1.165, 1.54) is 0 Å². The van der Waals surface area contributed by atoms with Gasteiger partial charge in [-0.05, 0) is 25.0 Å². The van der Waals surface area contributed by atoms with Crippen LogP contribution in [-0.4, -0.2) is 29.4 Å². The standard InChI is InChI=1S/C16H27N3O/c1-4-9-16(13-17,10-5-2)15(20)19(3)12-14-8-6-7-11-18-14/h6-8,11H,4-5,9-10,12-13,17H2,1-3H3. The number of amides is 1. The van der Waals surface area contributed by atoms with Gasteiger partial charge in [0.25, 0.3) is 0 Å². The van der Waals surface area contributed by atoms with Gasteiger partial charge in [0.05, 0.1) is 17.7 Å². The monoisotopic (exact) mass is 277 g/mol. The first kappa shape index (κ1) is 16.6. The fourth-order valence-electron chi connectivity index (χ4n) is 2.80. The zero-order valence-electron chi connectivity index (χ0n) is 12.9. The molecule has 4 heteroatoms. The van der Waals surface area contributed by atoms with Gasteiger partial charge in [0.1, 0.15) is 0 Å². The van der Waals surface area contributed by atoms with Gasteiger partial charge in [-0.15, -0.1) is 0 Å². The molecule has 0 aliphatic carbocycles. The number of hydrogen-bond donors (Lipinski definition) is 1. The summed E-state index contributed by atoms with van der Waals surface area (Å²) in [5, 5.41) is 0. The van der Waals surface area contributed by atoms with E-state index in [0.717, 1.165) is 31.4 Å². The Morgan fingerprint density at radius 1 is 1.30 bits per heavy atom. The number of pyridine rings is 1. The third kappa shape index (κ3) is 4.04. The number of carbonyl (C=O) groups excluding carboxylic acids is 1. The molecule has 0 aromatic carbocycles. The van der Waals surface area contributed by atoms with Crippen LogP contribution in [0.15, 0.2) is 24.4 Å². The lowest BCUT2D eigenvalue weighted by molar-refractivity contribution is -0.142. The molecule has 0 aliphatic heterocycles. The van der Waals surface area contributed by atoms with Crippen molar-refractivity contribution in [2.45, 2.75) is 46.1 Å². The molecule has 0 spiro atoms. The predicted octanol–water partition coefficient (Wildman–Crippen LogP) is 2.59. The number of nitrogens with two attached hydrogens (primary N) is 1. The molecule has 0 unspecified atom stereocenters. The number of hydrogen-bond acceptors (Lipinski definition) is 3. The van der Waals surface area contributed by atoms with Crippen LogP contribution in [0.1, 0.15) is 45.2 Å². The Hall–Kier alpha value is -1.42. The van der Waals surface area contributed by atoms with Crippen molar-refractivity contribution in [2.24, 2.45) is 11.1 Å². The highest BCUT2D eigenvalue weighted by Gasteiger charge is 2.37. The molecule has 112 valence electrons. The lowest BCUT2D eigenvalue weighted by Crippen LogP contribution is -2.46. The normalized spacial score (nSPS) is 11.4. The summed E-state index contributed by atoms with van der Waals surface area (Å²) in [5.41, 5.74) is 6.44. The van der Waals surface area contributed by atoms with E-state index < -0.39 is 5.41 Å². The highest BCUT2D eigenvalue weighted by molar-refractivity contribution is 5.82. The van der Waals surface area contributed by atoms with Gasteiger partial charge in [-0.1, -0.05) is 32.8 Å². The molecule has 20 heavy (non-hydrogen) atoms. The van der Waals surface area contributed by atoms with E-state index in [1.54, 1.807) is 11.1 Å². The van der Waals surface area contributed by atoms with Gasteiger partial charge < -0.3 is 10.6 Å². The van der Waals surface area contributed by atoms with Gasteiger partial charge in [-0.25, -0.2) is 0 Å². The van der Waals surface area contributed by atoms with Crippen LogP contribution in [0.2, 0.25) is 0 Å². The molecule has 4 nitrogen and oxygen atoms in total. The molecular formula is C16H27N3O. The van der Waals surface area contributed by atoms with Crippen molar-refractivity contribution in [1.82, 2.24) is 9.88 Å². The second-order valence-electron chi connectivity index (χ2n) is 5.47. The quantitative estimate of drug-likeness (QED) is 0.794. The van der Waals surface area contributed by atoms with Gasteiger partial charge in [0, 0.05) is 19.8 Å². The summed E-state index contributed by atoms with van der Waals surface area (Å²) in [7, 11) is 1.84. The van der Waals surface area contributed by atoms with Crippen molar-refractivity contribution in [3.8, 4) is 0 Å². The van der Waals surface area contributed by atoms with Crippen LogP contribution in [0.4, 0.5) is 0 Å². The Bertz CT molecular complexity index is 399. The van der Waals surface area contributed by atoms with Crippen molar-refractivity contribution in [3.63, 3.8) is 0 Å². The summed E-state index contributed by atoms with van der Waals surface area (Å²) >= 11 is 0. The SMILES string of the molecule is CCCC(CN)(CCC)C(=O)N(C)Cc1ccccn1. The first-order chi connectivity index (χ1) is 9.59. The molecule has 2 N–H and O–H groups in total. The van der Waals surface area contributed by atoms with Crippen molar-refractivity contribution in [1.29, 1.82) is 0 Å². The molecule has 0 bridgehead atoms. The molecule has 1 aromatic rings. The second-order valence-corrected chi connectivity index (χ2v) is 5.47. The minimum Gasteiger partial charge on any atom is -0.339 e. The highest BCUT2D eigenvalue weighted by atomic mass is 16.2. The van der Waals surface area contributed by atoms with Crippen LogP contribution in [0.3, 0.4) is 0 Å². The Morgan fingerprint density at radius 2 is 1.95 bits per heavy atom. The zero-order valence-corrected chi connectivity index (χ0v) is 12.9. The Morgan fingerprint density at radius 3 is 2.40 bits per heavy atom. The first-order valence-electron chi connectivity index (χ1n) is 7.45.